The summed E-state index contributed by atoms with van der Waals surface area (Å²) in [6.07, 6.45) is 10.7. The Morgan fingerprint density at radius 3 is 2.69 bits per heavy atom. The number of hydrogen-bond donors (Lipinski definition) is 2. The minimum atomic E-state index is -0.227. The van der Waals surface area contributed by atoms with Gasteiger partial charge in [-0.2, -0.15) is 5.10 Å². The number of carbonyl (C=O) groups is 1. The van der Waals surface area contributed by atoms with Crippen LogP contribution in [0, 0.1) is 0 Å². The molecule has 0 bridgehead atoms. The van der Waals surface area contributed by atoms with Crippen LogP contribution in [-0.2, 0) is 13.5 Å². The van der Waals surface area contributed by atoms with Crippen LogP contribution in [0.1, 0.15) is 29.3 Å². The monoisotopic (exact) mass is 392 g/mol. The molecule has 1 aliphatic rings. The molecule has 0 radical (unpaired) electrons. The van der Waals surface area contributed by atoms with Crippen molar-refractivity contribution in [2.75, 3.05) is 23.7 Å². The maximum atomic E-state index is 12.8. The van der Waals surface area contributed by atoms with Crippen LogP contribution in [0.15, 0.2) is 37.1 Å². The fourth-order valence-corrected chi connectivity index (χ4v) is 3.40. The normalized spacial score (nSPS) is 16.2. The van der Waals surface area contributed by atoms with Crippen LogP contribution in [0.3, 0.4) is 0 Å². The van der Waals surface area contributed by atoms with Crippen molar-refractivity contribution in [2.45, 2.75) is 25.8 Å². The fraction of sp³-hybridized carbons (Fsp3) is 0.350. The number of nitrogens with one attached hydrogen (secondary N) is 1. The third kappa shape index (κ3) is 4.03. The van der Waals surface area contributed by atoms with Crippen LogP contribution in [0.5, 0.6) is 0 Å². The van der Waals surface area contributed by atoms with E-state index in [4.69, 9.17) is 5.73 Å². The number of rotatable bonds is 5. The van der Waals surface area contributed by atoms with Gasteiger partial charge in [-0.15, -0.1) is 0 Å². The molecule has 0 aromatic carbocycles. The van der Waals surface area contributed by atoms with Gasteiger partial charge in [0.25, 0.3) is 5.91 Å². The van der Waals surface area contributed by atoms with Gasteiger partial charge in [0.15, 0.2) is 0 Å². The van der Waals surface area contributed by atoms with E-state index in [0.29, 0.717) is 18.1 Å². The summed E-state index contributed by atoms with van der Waals surface area (Å²) < 4.78 is 1.70. The van der Waals surface area contributed by atoms with E-state index in [9.17, 15) is 4.79 Å². The average molecular weight is 392 g/mol. The maximum absolute atomic E-state index is 12.8. The summed E-state index contributed by atoms with van der Waals surface area (Å²) in [5, 5.41) is 7.23. The minimum absolute atomic E-state index is 0.00148. The quantitative estimate of drug-likeness (QED) is 0.675. The molecule has 9 nitrogen and oxygen atoms in total. The summed E-state index contributed by atoms with van der Waals surface area (Å²) in [5.74, 6) is 0.678. The van der Waals surface area contributed by atoms with Gasteiger partial charge in [0.05, 0.1) is 11.8 Å². The summed E-state index contributed by atoms with van der Waals surface area (Å²) in [6.45, 7) is 3.52. The molecule has 4 rings (SSSR count). The van der Waals surface area contributed by atoms with Crippen LogP contribution < -0.4 is 16.0 Å². The number of pyridine rings is 1. The fourth-order valence-electron chi connectivity index (χ4n) is 3.40. The van der Waals surface area contributed by atoms with Crippen molar-refractivity contribution in [1.82, 2.24) is 30.0 Å². The molecule has 0 saturated carbocycles. The first-order valence-electron chi connectivity index (χ1n) is 9.64. The lowest BCUT2D eigenvalue weighted by Gasteiger charge is -2.17. The van der Waals surface area contributed by atoms with E-state index in [1.807, 2.05) is 25.6 Å². The van der Waals surface area contributed by atoms with Crippen molar-refractivity contribution in [3.8, 4) is 11.1 Å². The number of anilines is 2. The van der Waals surface area contributed by atoms with Gasteiger partial charge in [-0.3, -0.25) is 9.48 Å². The lowest BCUT2D eigenvalue weighted by atomic mass is 10.1. The van der Waals surface area contributed by atoms with Gasteiger partial charge < -0.3 is 16.0 Å². The SMILES string of the molecule is CCc1cnc(N2CC[C@@H](NC(=O)c3cc(-c4cnn(C)c4)cnc3N)C2)nc1. The molecule has 0 unspecified atom stereocenters. The molecular formula is C20H24N8O. The van der Waals surface area contributed by atoms with Crippen LogP contribution in [0.4, 0.5) is 11.8 Å². The Kier molecular flexibility index (Phi) is 5.11. The second-order valence-corrected chi connectivity index (χ2v) is 7.21. The van der Waals surface area contributed by atoms with Gasteiger partial charge in [-0.05, 0) is 24.5 Å². The van der Waals surface area contributed by atoms with Crippen molar-refractivity contribution in [1.29, 1.82) is 0 Å². The van der Waals surface area contributed by atoms with E-state index in [-0.39, 0.29) is 17.8 Å². The first-order valence-corrected chi connectivity index (χ1v) is 9.64. The zero-order valence-electron chi connectivity index (χ0n) is 16.5. The van der Waals surface area contributed by atoms with Gasteiger partial charge >= 0.3 is 0 Å². The van der Waals surface area contributed by atoms with Gasteiger partial charge in [0.1, 0.15) is 5.82 Å². The Morgan fingerprint density at radius 2 is 2.00 bits per heavy atom. The molecule has 1 amide bonds. The summed E-state index contributed by atoms with van der Waals surface area (Å²) in [5.41, 5.74) is 9.13. The molecule has 3 N–H and O–H groups in total. The van der Waals surface area contributed by atoms with E-state index in [1.165, 1.54) is 0 Å². The molecule has 1 fully saturated rings. The van der Waals surface area contributed by atoms with Gasteiger partial charge in [-0.1, -0.05) is 6.92 Å². The zero-order chi connectivity index (χ0) is 20.4. The van der Waals surface area contributed by atoms with Crippen molar-refractivity contribution >= 4 is 17.7 Å². The molecule has 0 aliphatic carbocycles. The molecule has 0 spiro atoms. The lowest BCUT2D eigenvalue weighted by molar-refractivity contribution is 0.0941. The van der Waals surface area contributed by atoms with Crippen molar-refractivity contribution in [3.05, 3.63) is 48.2 Å². The van der Waals surface area contributed by atoms with E-state index in [0.717, 1.165) is 36.1 Å². The lowest BCUT2D eigenvalue weighted by Crippen LogP contribution is -2.37. The molecule has 9 heteroatoms. The van der Waals surface area contributed by atoms with E-state index in [1.54, 1.807) is 23.1 Å². The number of nitrogens with two attached hydrogens (primary N) is 1. The van der Waals surface area contributed by atoms with Gasteiger partial charge in [0, 0.05) is 62.1 Å². The van der Waals surface area contributed by atoms with Gasteiger partial charge in [-0.25, -0.2) is 15.0 Å². The second-order valence-electron chi connectivity index (χ2n) is 7.21. The topological polar surface area (TPSA) is 115 Å². The third-order valence-corrected chi connectivity index (χ3v) is 5.11. The second kappa shape index (κ2) is 7.86. The standard InChI is InChI=1S/C20H24N8O/c1-3-13-7-23-20(24-8-13)28-5-4-16(12-28)26-19(29)17-6-14(9-22-18(17)21)15-10-25-27(2)11-15/h6-11,16H,3-5,12H2,1-2H3,(H2,21,22)(H,26,29)/t16-/m1/s1. The highest BCUT2D eigenvalue weighted by atomic mass is 16.1. The number of nitrogen functional groups attached to an aromatic ring is 1. The summed E-state index contributed by atoms with van der Waals surface area (Å²) in [6, 6.07) is 1.76. The smallest absolute Gasteiger partial charge is 0.255 e. The molecule has 1 aliphatic heterocycles. The van der Waals surface area contributed by atoms with E-state index < -0.39 is 0 Å². The molecule has 150 valence electrons. The van der Waals surface area contributed by atoms with E-state index in [2.05, 4.69) is 37.2 Å². The molecule has 3 aromatic rings. The number of carbonyl (C=O) groups excluding carboxylic acids is 1. The Morgan fingerprint density at radius 1 is 1.21 bits per heavy atom. The zero-order valence-corrected chi connectivity index (χ0v) is 16.5. The maximum Gasteiger partial charge on any atom is 0.255 e. The number of nitrogens with zero attached hydrogens (tertiary/aromatic N) is 6. The summed E-state index contributed by atoms with van der Waals surface area (Å²) >= 11 is 0. The number of hydrogen-bond acceptors (Lipinski definition) is 7. The highest BCUT2D eigenvalue weighted by Gasteiger charge is 2.26. The summed E-state index contributed by atoms with van der Waals surface area (Å²) in [4.78, 5) is 28.0. The van der Waals surface area contributed by atoms with Crippen molar-refractivity contribution < 1.29 is 4.79 Å². The summed E-state index contributed by atoms with van der Waals surface area (Å²) in [7, 11) is 1.84. The van der Waals surface area contributed by atoms with Crippen LogP contribution in [0.25, 0.3) is 11.1 Å². The van der Waals surface area contributed by atoms with Crippen LogP contribution in [0.2, 0.25) is 0 Å². The van der Waals surface area contributed by atoms with Gasteiger partial charge in [0.2, 0.25) is 5.95 Å². The number of amides is 1. The number of aromatic nitrogens is 5. The molecule has 1 saturated heterocycles. The first kappa shape index (κ1) is 18.9. The Balaban J connectivity index is 1.44. The molecule has 1 atom stereocenters. The number of aryl methyl sites for hydroxylation is 2. The predicted molar refractivity (Wildman–Crippen MR) is 110 cm³/mol. The molecular weight excluding hydrogens is 368 g/mol. The highest BCUT2D eigenvalue weighted by molar-refractivity contribution is 5.99. The molecule has 29 heavy (non-hydrogen) atoms. The van der Waals surface area contributed by atoms with Crippen LogP contribution in [-0.4, -0.2) is 49.8 Å². The highest BCUT2D eigenvalue weighted by Crippen LogP contribution is 2.22. The minimum Gasteiger partial charge on any atom is -0.383 e. The van der Waals surface area contributed by atoms with E-state index >= 15 is 0 Å². The first-order chi connectivity index (χ1) is 14.0. The predicted octanol–water partition coefficient (Wildman–Crippen LogP) is 1.43. The average Bonchev–Trinajstić information content (AvgIpc) is 3.37. The Labute approximate surface area is 169 Å². The largest absolute Gasteiger partial charge is 0.383 e. The van der Waals surface area contributed by atoms with Crippen LogP contribution >= 0.6 is 0 Å². The van der Waals surface area contributed by atoms with Crippen molar-refractivity contribution in [3.63, 3.8) is 0 Å². The van der Waals surface area contributed by atoms with Crippen molar-refractivity contribution in [2.24, 2.45) is 7.05 Å². The molecule has 4 heterocycles. The molecule has 3 aromatic heterocycles. The Hall–Kier alpha value is -3.49. The Bertz CT molecular complexity index is 1010. The third-order valence-electron chi connectivity index (χ3n) is 5.11.